The van der Waals surface area contributed by atoms with Gasteiger partial charge >= 0.3 is 11.7 Å². The maximum Gasteiger partial charge on any atom is 0.329 e. The number of imidazole rings is 1. The van der Waals surface area contributed by atoms with Gasteiger partial charge in [0.15, 0.2) is 16.3 Å². The van der Waals surface area contributed by atoms with Crippen molar-refractivity contribution in [2.75, 3.05) is 12.9 Å². The smallest absolute Gasteiger partial charge is 0.329 e. The van der Waals surface area contributed by atoms with Crippen LogP contribution in [0.4, 0.5) is 0 Å². The molecule has 0 saturated carbocycles. The molecule has 1 N–H and O–H groups in total. The number of thioether (sulfide) groups is 1. The summed E-state index contributed by atoms with van der Waals surface area (Å²) in [6, 6.07) is 7.88. The Bertz CT molecular complexity index is 1100. The van der Waals surface area contributed by atoms with Gasteiger partial charge in [-0.25, -0.2) is 9.78 Å². The van der Waals surface area contributed by atoms with Gasteiger partial charge in [-0.3, -0.25) is 19.1 Å². The number of methoxy groups -OCH3 is 1. The lowest BCUT2D eigenvalue weighted by Crippen LogP contribution is -2.29. The zero-order valence-electron chi connectivity index (χ0n) is 14.6. The first-order valence-corrected chi connectivity index (χ1v) is 8.84. The Labute approximate surface area is 152 Å². The van der Waals surface area contributed by atoms with Gasteiger partial charge in [-0.1, -0.05) is 41.6 Å². The molecule has 0 aliphatic heterocycles. The molecule has 3 aromatic rings. The van der Waals surface area contributed by atoms with Crippen LogP contribution in [0.1, 0.15) is 11.1 Å². The van der Waals surface area contributed by atoms with Crippen molar-refractivity contribution in [3.05, 3.63) is 56.2 Å². The third-order valence-electron chi connectivity index (χ3n) is 3.94. The number of nitrogens with zero attached hydrogens (tertiary/aromatic N) is 3. The number of H-pyrrole nitrogens is 1. The second kappa shape index (κ2) is 7.20. The maximum absolute atomic E-state index is 12.4. The lowest BCUT2D eigenvalue weighted by Gasteiger charge is -2.09. The van der Waals surface area contributed by atoms with Crippen LogP contribution in [0.3, 0.4) is 0 Å². The first-order chi connectivity index (χ1) is 12.4. The Morgan fingerprint density at radius 2 is 2.12 bits per heavy atom. The van der Waals surface area contributed by atoms with Crippen LogP contribution in [0.25, 0.3) is 11.2 Å². The van der Waals surface area contributed by atoms with Crippen molar-refractivity contribution in [3.63, 3.8) is 0 Å². The average Bonchev–Trinajstić information content (AvgIpc) is 2.96. The molecule has 0 saturated heterocycles. The highest BCUT2D eigenvalue weighted by molar-refractivity contribution is 7.99. The monoisotopic (exact) mass is 374 g/mol. The van der Waals surface area contributed by atoms with Crippen molar-refractivity contribution in [1.29, 1.82) is 0 Å². The van der Waals surface area contributed by atoms with Gasteiger partial charge in [0.25, 0.3) is 5.56 Å². The van der Waals surface area contributed by atoms with Crippen LogP contribution in [0, 0.1) is 6.92 Å². The van der Waals surface area contributed by atoms with Crippen molar-refractivity contribution >= 4 is 28.9 Å². The molecule has 0 spiro atoms. The number of aryl methyl sites for hydroxylation is 2. The molecular weight excluding hydrogens is 356 g/mol. The summed E-state index contributed by atoms with van der Waals surface area (Å²) in [5, 5.41) is 0.471. The van der Waals surface area contributed by atoms with Gasteiger partial charge in [0.2, 0.25) is 0 Å². The number of carbonyl (C=O) groups excluding carboxylic acids is 1. The van der Waals surface area contributed by atoms with Gasteiger partial charge < -0.3 is 9.30 Å². The minimum atomic E-state index is -0.535. The van der Waals surface area contributed by atoms with E-state index in [4.69, 9.17) is 0 Å². The van der Waals surface area contributed by atoms with Crippen molar-refractivity contribution in [2.24, 2.45) is 7.05 Å². The molecule has 136 valence electrons. The fourth-order valence-corrected chi connectivity index (χ4v) is 3.47. The van der Waals surface area contributed by atoms with E-state index in [0.717, 1.165) is 22.9 Å². The fraction of sp³-hybridized carbons (Fsp3) is 0.294. The normalized spacial score (nSPS) is 11.0. The topological polar surface area (TPSA) is 99.0 Å². The fourth-order valence-electron chi connectivity index (χ4n) is 2.65. The van der Waals surface area contributed by atoms with Crippen LogP contribution < -0.4 is 11.2 Å². The minimum absolute atomic E-state index is 0.0551. The van der Waals surface area contributed by atoms with Crippen LogP contribution in [0.5, 0.6) is 0 Å². The first-order valence-electron chi connectivity index (χ1n) is 7.85. The molecule has 0 unspecified atom stereocenters. The highest BCUT2D eigenvalue weighted by Gasteiger charge is 2.19. The van der Waals surface area contributed by atoms with Gasteiger partial charge in [0.1, 0.15) is 0 Å². The van der Waals surface area contributed by atoms with Crippen LogP contribution in [-0.2, 0) is 23.1 Å². The summed E-state index contributed by atoms with van der Waals surface area (Å²) >= 11 is 1.16. The SMILES string of the molecule is COC(=O)CSc1nc2c(c(=O)[nH]c(=O)n2C)n1Cc1cccc(C)c1. The highest BCUT2D eigenvalue weighted by Crippen LogP contribution is 2.23. The molecule has 0 fully saturated rings. The molecule has 2 aromatic heterocycles. The molecule has 0 atom stereocenters. The summed E-state index contributed by atoms with van der Waals surface area (Å²) in [6.07, 6.45) is 0. The first kappa shape index (κ1) is 18.0. The largest absolute Gasteiger partial charge is 0.468 e. The molecule has 1 aromatic carbocycles. The third-order valence-corrected chi connectivity index (χ3v) is 4.89. The van der Waals surface area contributed by atoms with Gasteiger partial charge in [-0.05, 0) is 12.5 Å². The Morgan fingerprint density at radius 3 is 2.81 bits per heavy atom. The number of nitrogens with one attached hydrogen (secondary N) is 1. The lowest BCUT2D eigenvalue weighted by molar-refractivity contribution is -0.137. The number of hydrogen-bond acceptors (Lipinski definition) is 6. The lowest BCUT2D eigenvalue weighted by atomic mass is 10.1. The van der Waals surface area contributed by atoms with E-state index in [2.05, 4.69) is 14.7 Å². The quantitative estimate of drug-likeness (QED) is 0.529. The Morgan fingerprint density at radius 1 is 1.35 bits per heavy atom. The second-order valence-corrected chi connectivity index (χ2v) is 6.77. The summed E-state index contributed by atoms with van der Waals surface area (Å²) in [7, 11) is 2.85. The van der Waals surface area contributed by atoms with Crippen LogP contribution in [0.2, 0.25) is 0 Å². The molecule has 8 nitrogen and oxygen atoms in total. The number of aromatic amines is 1. The molecule has 0 bridgehead atoms. The average molecular weight is 374 g/mol. The van der Waals surface area contributed by atoms with E-state index in [9.17, 15) is 14.4 Å². The Kier molecular flexibility index (Phi) is 4.99. The van der Waals surface area contributed by atoms with Crippen molar-refractivity contribution < 1.29 is 9.53 Å². The molecule has 2 heterocycles. The zero-order chi connectivity index (χ0) is 18.8. The second-order valence-electron chi connectivity index (χ2n) is 5.82. The number of hydrogen-bond donors (Lipinski definition) is 1. The van der Waals surface area contributed by atoms with Crippen molar-refractivity contribution in [1.82, 2.24) is 19.1 Å². The summed E-state index contributed by atoms with van der Waals surface area (Å²) in [5.74, 6) is -0.341. The summed E-state index contributed by atoms with van der Waals surface area (Å²) in [6.45, 7) is 2.38. The summed E-state index contributed by atoms with van der Waals surface area (Å²) in [4.78, 5) is 42.5. The van der Waals surface area contributed by atoms with Crippen molar-refractivity contribution in [3.8, 4) is 0 Å². The molecule has 0 aliphatic rings. The van der Waals surface area contributed by atoms with Gasteiger partial charge in [0.05, 0.1) is 19.4 Å². The number of aromatic nitrogens is 4. The van der Waals surface area contributed by atoms with Gasteiger partial charge in [0, 0.05) is 7.05 Å². The maximum atomic E-state index is 12.4. The number of esters is 1. The molecule has 9 heteroatoms. The molecule has 0 aliphatic carbocycles. The van der Waals surface area contributed by atoms with Gasteiger partial charge in [-0.15, -0.1) is 0 Å². The van der Waals surface area contributed by atoms with E-state index < -0.39 is 17.2 Å². The Hall–Kier alpha value is -2.81. The van der Waals surface area contributed by atoms with E-state index >= 15 is 0 Å². The van der Waals surface area contributed by atoms with E-state index in [1.807, 2.05) is 31.2 Å². The van der Waals surface area contributed by atoms with Crippen LogP contribution >= 0.6 is 11.8 Å². The van der Waals surface area contributed by atoms with Crippen LogP contribution in [-0.4, -0.2) is 37.9 Å². The minimum Gasteiger partial charge on any atom is -0.468 e. The number of ether oxygens (including phenoxy) is 1. The molecule has 3 rings (SSSR count). The molecule has 0 radical (unpaired) electrons. The Balaban J connectivity index is 2.16. The number of fused-ring (bicyclic) bond motifs is 1. The molecular formula is C17H18N4O4S. The summed E-state index contributed by atoms with van der Waals surface area (Å²) in [5.41, 5.74) is 1.61. The number of rotatable bonds is 5. The zero-order valence-corrected chi connectivity index (χ0v) is 15.4. The predicted molar refractivity (Wildman–Crippen MR) is 98.6 cm³/mol. The van der Waals surface area contributed by atoms with E-state index in [1.54, 1.807) is 11.6 Å². The van der Waals surface area contributed by atoms with Crippen molar-refractivity contribution in [2.45, 2.75) is 18.6 Å². The number of benzene rings is 1. The van der Waals surface area contributed by atoms with Crippen LogP contribution in [0.15, 0.2) is 39.0 Å². The van der Waals surface area contributed by atoms with E-state index in [-0.39, 0.29) is 11.4 Å². The van der Waals surface area contributed by atoms with E-state index in [1.165, 1.54) is 11.7 Å². The molecule has 0 amide bonds. The summed E-state index contributed by atoms with van der Waals surface area (Å²) < 4.78 is 7.67. The third kappa shape index (κ3) is 3.43. The highest BCUT2D eigenvalue weighted by atomic mass is 32.2. The van der Waals surface area contributed by atoms with E-state index in [0.29, 0.717) is 17.2 Å². The predicted octanol–water partition coefficient (Wildman–Crippen LogP) is 1.05. The molecule has 26 heavy (non-hydrogen) atoms. The standard InChI is InChI=1S/C17H18N4O4S/c1-10-5-4-6-11(7-10)8-21-13-14(20(2)16(24)19-15(13)23)18-17(21)26-9-12(22)25-3/h4-7H,8-9H2,1-3H3,(H,19,23,24). The number of carbonyl (C=O) groups is 1. The van der Waals surface area contributed by atoms with Gasteiger partial charge in [-0.2, -0.15) is 0 Å².